The first kappa shape index (κ1) is 13.1. The Morgan fingerprint density at radius 2 is 1.67 bits per heavy atom. The van der Waals surface area contributed by atoms with E-state index in [0.29, 0.717) is 18.0 Å². The molecule has 3 aromatic rings. The summed E-state index contributed by atoms with van der Waals surface area (Å²) in [6.07, 6.45) is 1.29. The number of rotatable bonds is 4. The smallest absolute Gasteiger partial charge is 0.274 e. The third kappa shape index (κ3) is 3.00. The molecule has 0 aliphatic carbocycles. The summed E-state index contributed by atoms with van der Waals surface area (Å²) >= 11 is 0. The van der Waals surface area contributed by atoms with E-state index in [4.69, 9.17) is 4.42 Å². The molecule has 0 spiro atoms. The first-order chi connectivity index (χ1) is 10.3. The SMILES string of the molecule is O=C(NCc1ccccc1)c1ncoc1-c1ccccc1. The second-order valence-electron chi connectivity index (χ2n) is 4.56. The van der Waals surface area contributed by atoms with E-state index in [1.165, 1.54) is 6.39 Å². The highest BCUT2D eigenvalue weighted by Gasteiger charge is 2.17. The van der Waals surface area contributed by atoms with Gasteiger partial charge in [0.2, 0.25) is 0 Å². The highest BCUT2D eigenvalue weighted by molar-refractivity contribution is 5.97. The average Bonchev–Trinajstić information content (AvgIpc) is 3.04. The number of nitrogens with one attached hydrogen (secondary N) is 1. The van der Waals surface area contributed by atoms with Crippen molar-refractivity contribution in [1.82, 2.24) is 10.3 Å². The second-order valence-corrected chi connectivity index (χ2v) is 4.56. The van der Waals surface area contributed by atoms with Crippen LogP contribution in [0.1, 0.15) is 16.1 Å². The average molecular weight is 278 g/mol. The molecule has 0 aliphatic rings. The molecular weight excluding hydrogens is 264 g/mol. The summed E-state index contributed by atoms with van der Waals surface area (Å²) < 4.78 is 5.35. The zero-order valence-corrected chi connectivity index (χ0v) is 11.3. The molecule has 104 valence electrons. The fourth-order valence-corrected chi connectivity index (χ4v) is 2.06. The maximum atomic E-state index is 12.2. The molecule has 1 amide bonds. The van der Waals surface area contributed by atoms with Crippen LogP contribution in [0.5, 0.6) is 0 Å². The minimum Gasteiger partial charge on any atom is -0.443 e. The van der Waals surface area contributed by atoms with Gasteiger partial charge in [-0.25, -0.2) is 4.98 Å². The van der Waals surface area contributed by atoms with Crippen LogP contribution >= 0.6 is 0 Å². The number of hydrogen-bond donors (Lipinski definition) is 1. The van der Waals surface area contributed by atoms with Gasteiger partial charge in [0, 0.05) is 12.1 Å². The second kappa shape index (κ2) is 6.05. The van der Waals surface area contributed by atoms with E-state index in [0.717, 1.165) is 11.1 Å². The quantitative estimate of drug-likeness (QED) is 0.797. The van der Waals surface area contributed by atoms with Crippen molar-refractivity contribution in [3.63, 3.8) is 0 Å². The minimum atomic E-state index is -0.244. The number of benzene rings is 2. The summed E-state index contributed by atoms with van der Waals surface area (Å²) in [6.45, 7) is 0.459. The van der Waals surface area contributed by atoms with Crippen molar-refractivity contribution in [3.05, 3.63) is 78.3 Å². The molecule has 1 heterocycles. The molecule has 0 bridgehead atoms. The first-order valence-corrected chi connectivity index (χ1v) is 6.65. The van der Waals surface area contributed by atoms with E-state index in [9.17, 15) is 4.79 Å². The Kier molecular flexibility index (Phi) is 3.78. The normalized spacial score (nSPS) is 10.3. The highest BCUT2D eigenvalue weighted by atomic mass is 16.3. The Morgan fingerprint density at radius 3 is 2.38 bits per heavy atom. The van der Waals surface area contributed by atoms with Crippen LogP contribution in [-0.4, -0.2) is 10.9 Å². The molecule has 2 aromatic carbocycles. The Balaban J connectivity index is 1.76. The molecule has 3 rings (SSSR count). The van der Waals surface area contributed by atoms with Crippen LogP contribution in [0.3, 0.4) is 0 Å². The van der Waals surface area contributed by atoms with Gasteiger partial charge in [0.05, 0.1) is 0 Å². The molecule has 0 saturated heterocycles. The van der Waals surface area contributed by atoms with E-state index in [1.54, 1.807) is 0 Å². The highest BCUT2D eigenvalue weighted by Crippen LogP contribution is 2.22. The van der Waals surface area contributed by atoms with Crippen LogP contribution in [0.4, 0.5) is 0 Å². The van der Waals surface area contributed by atoms with Crippen LogP contribution in [-0.2, 0) is 6.54 Å². The zero-order chi connectivity index (χ0) is 14.5. The molecule has 1 aromatic heterocycles. The third-order valence-electron chi connectivity index (χ3n) is 3.11. The maximum absolute atomic E-state index is 12.2. The molecular formula is C17H14N2O2. The topological polar surface area (TPSA) is 55.1 Å². The lowest BCUT2D eigenvalue weighted by atomic mass is 10.1. The summed E-state index contributed by atoms with van der Waals surface area (Å²) in [5.41, 5.74) is 2.17. The van der Waals surface area contributed by atoms with Crippen LogP contribution in [0.25, 0.3) is 11.3 Å². The number of amides is 1. The molecule has 4 nitrogen and oxygen atoms in total. The van der Waals surface area contributed by atoms with Crippen molar-refractivity contribution in [2.45, 2.75) is 6.54 Å². The summed E-state index contributed by atoms with van der Waals surface area (Å²) in [4.78, 5) is 16.3. The molecule has 0 atom stereocenters. The lowest BCUT2D eigenvalue weighted by Crippen LogP contribution is -2.23. The Bertz CT molecular complexity index is 721. The Hall–Kier alpha value is -2.88. The summed E-state index contributed by atoms with van der Waals surface area (Å²) in [5, 5.41) is 2.85. The van der Waals surface area contributed by atoms with E-state index >= 15 is 0 Å². The van der Waals surface area contributed by atoms with Gasteiger partial charge in [-0.1, -0.05) is 60.7 Å². The standard InChI is InChI=1S/C17H14N2O2/c20-17(18-11-13-7-3-1-4-8-13)15-16(21-12-19-15)14-9-5-2-6-10-14/h1-10,12H,11H2,(H,18,20). The van der Waals surface area contributed by atoms with Crippen molar-refractivity contribution in [2.24, 2.45) is 0 Å². The van der Waals surface area contributed by atoms with Crippen molar-refractivity contribution < 1.29 is 9.21 Å². The predicted molar refractivity (Wildman–Crippen MR) is 79.6 cm³/mol. The summed E-state index contributed by atoms with van der Waals surface area (Å²) in [7, 11) is 0. The Labute approximate surface area is 122 Å². The molecule has 4 heteroatoms. The van der Waals surface area contributed by atoms with Crippen LogP contribution < -0.4 is 5.32 Å². The van der Waals surface area contributed by atoms with Crippen molar-refractivity contribution in [1.29, 1.82) is 0 Å². The maximum Gasteiger partial charge on any atom is 0.274 e. The van der Waals surface area contributed by atoms with Gasteiger partial charge in [-0.2, -0.15) is 0 Å². The monoisotopic (exact) mass is 278 g/mol. The summed E-state index contributed by atoms with van der Waals surface area (Å²) in [6, 6.07) is 19.2. The van der Waals surface area contributed by atoms with Gasteiger partial charge in [0.1, 0.15) is 0 Å². The molecule has 0 unspecified atom stereocenters. The minimum absolute atomic E-state index is 0.244. The fraction of sp³-hybridized carbons (Fsp3) is 0.0588. The van der Waals surface area contributed by atoms with E-state index in [2.05, 4.69) is 10.3 Å². The van der Waals surface area contributed by atoms with Crippen molar-refractivity contribution in [2.75, 3.05) is 0 Å². The molecule has 0 saturated carbocycles. The molecule has 21 heavy (non-hydrogen) atoms. The van der Waals surface area contributed by atoms with Gasteiger partial charge in [0.15, 0.2) is 17.8 Å². The Morgan fingerprint density at radius 1 is 1.00 bits per heavy atom. The largest absolute Gasteiger partial charge is 0.443 e. The lowest BCUT2D eigenvalue weighted by Gasteiger charge is -2.04. The number of carbonyl (C=O) groups excluding carboxylic acids is 1. The van der Waals surface area contributed by atoms with Crippen molar-refractivity contribution in [3.8, 4) is 11.3 Å². The van der Waals surface area contributed by atoms with Gasteiger partial charge in [0.25, 0.3) is 5.91 Å². The van der Waals surface area contributed by atoms with Crippen molar-refractivity contribution >= 4 is 5.91 Å². The van der Waals surface area contributed by atoms with Gasteiger partial charge in [-0.15, -0.1) is 0 Å². The number of nitrogens with zero attached hydrogens (tertiary/aromatic N) is 1. The number of hydrogen-bond acceptors (Lipinski definition) is 3. The molecule has 0 fully saturated rings. The van der Waals surface area contributed by atoms with E-state index < -0.39 is 0 Å². The van der Waals surface area contributed by atoms with Gasteiger partial charge < -0.3 is 9.73 Å². The van der Waals surface area contributed by atoms with Crippen LogP contribution in [0.15, 0.2) is 71.5 Å². The predicted octanol–water partition coefficient (Wildman–Crippen LogP) is 3.27. The molecule has 0 radical (unpaired) electrons. The summed E-state index contributed by atoms with van der Waals surface area (Å²) in [5.74, 6) is 0.243. The van der Waals surface area contributed by atoms with Gasteiger partial charge in [-0.05, 0) is 5.56 Å². The molecule has 0 aliphatic heterocycles. The number of oxazole rings is 1. The lowest BCUT2D eigenvalue weighted by molar-refractivity contribution is 0.0947. The van der Waals surface area contributed by atoms with Gasteiger partial charge in [-0.3, -0.25) is 4.79 Å². The fourth-order valence-electron chi connectivity index (χ4n) is 2.06. The van der Waals surface area contributed by atoms with Gasteiger partial charge >= 0.3 is 0 Å². The van der Waals surface area contributed by atoms with Crippen LogP contribution in [0.2, 0.25) is 0 Å². The van der Waals surface area contributed by atoms with E-state index in [1.807, 2.05) is 60.7 Å². The van der Waals surface area contributed by atoms with E-state index in [-0.39, 0.29) is 5.91 Å². The third-order valence-corrected chi connectivity index (χ3v) is 3.11. The number of aromatic nitrogens is 1. The number of carbonyl (C=O) groups is 1. The van der Waals surface area contributed by atoms with Crippen LogP contribution in [0, 0.1) is 0 Å². The first-order valence-electron chi connectivity index (χ1n) is 6.65. The zero-order valence-electron chi connectivity index (χ0n) is 11.3. The molecule has 1 N–H and O–H groups in total.